The van der Waals surface area contributed by atoms with Crippen LogP contribution < -0.4 is 14.4 Å². The number of nitrogens with zero attached hydrogens (tertiary/aromatic N) is 5. The van der Waals surface area contributed by atoms with Crippen molar-refractivity contribution in [2.75, 3.05) is 26.2 Å². The molecule has 3 atom stereocenters. The number of rotatable bonds is 7. The fourth-order valence-electron chi connectivity index (χ4n) is 4.57. The van der Waals surface area contributed by atoms with Gasteiger partial charge in [-0.3, -0.25) is 0 Å². The summed E-state index contributed by atoms with van der Waals surface area (Å²) in [5.41, 5.74) is 1.95. The number of aromatic nitrogens is 4. The largest absolute Gasteiger partial charge is 0.507 e. The maximum atomic E-state index is 15.0. The molecule has 0 radical (unpaired) electrons. The minimum absolute atomic E-state index is 0.0112. The summed E-state index contributed by atoms with van der Waals surface area (Å²) in [5.74, 6) is 1.78. The number of alkyl halides is 1. The van der Waals surface area contributed by atoms with Crippen LogP contribution in [-0.2, 0) is 0 Å². The van der Waals surface area contributed by atoms with Crippen molar-refractivity contribution < 1.29 is 19.0 Å². The van der Waals surface area contributed by atoms with E-state index in [9.17, 15) is 9.50 Å². The van der Waals surface area contributed by atoms with Crippen LogP contribution in [0.15, 0.2) is 36.7 Å². The summed E-state index contributed by atoms with van der Waals surface area (Å²) in [4.78, 5) is 10.5. The Balaban J connectivity index is 1.54. The quantitative estimate of drug-likeness (QED) is 0.536. The second-order valence-electron chi connectivity index (χ2n) is 8.53. The lowest BCUT2D eigenvalue weighted by Gasteiger charge is -2.38. The van der Waals surface area contributed by atoms with Gasteiger partial charge in [0.1, 0.15) is 11.9 Å². The highest BCUT2D eigenvalue weighted by Gasteiger charge is 2.35. The predicted molar refractivity (Wildman–Crippen MR) is 128 cm³/mol. The van der Waals surface area contributed by atoms with Gasteiger partial charge in [-0.2, -0.15) is 0 Å². The molecule has 180 valence electrons. The van der Waals surface area contributed by atoms with Crippen molar-refractivity contribution in [1.82, 2.24) is 20.2 Å². The molecule has 1 fully saturated rings. The molecular weight excluding hydrogens is 437 g/mol. The SMILES string of the molecule is CC[C@@H]1CCC[C@H](N(C)c2cnc(-c3ccc(-c4cnc(OC)c(OC)c4)cc3O)nn2)[C@@H]1F. The van der Waals surface area contributed by atoms with E-state index in [0.29, 0.717) is 28.8 Å². The first kappa shape index (κ1) is 23.7. The maximum Gasteiger partial charge on any atom is 0.256 e. The molecule has 2 aromatic heterocycles. The standard InChI is InChI=1S/C25H30FN5O3/c1-5-15-7-6-8-19(23(15)26)31(2)22-14-27-24(30-29-22)18-10-9-16(11-20(18)32)17-12-21(33-3)25(34-4)28-13-17/h9-15,19,23,32H,5-8H2,1-4H3/t15-,19+,23-/m1/s1. The molecule has 0 spiro atoms. The van der Waals surface area contributed by atoms with Gasteiger partial charge >= 0.3 is 0 Å². The number of methoxy groups -OCH3 is 2. The van der Waals surface area contributed by atoms with Crippen molar-refractivity contribution in [2.24, 2.45) is 5.92 Å². The summed E-state index contributed by atoms with van der Waals surface area (Å²) in [6.45, 7) is 2.04. The maximum absolute atomic E-state index is 15.0. The molecule has 0 bridgehead atoms. The van der Waals surface area contributed by atoms with Gasteiger partial charge in [-0.15, -0.1) is 10.2 Å². The minimum atomic E-state index is -0.895. The van der Waals surface area contributed by atoms with Gasteiger partial charge in [0.25, 0.3) is 5.88 Å². The van der Waals surface area contributed by atoms with Crippen molar-refractivity contribution in [3.63, 3.8) is 0 Å². The molecule has 0 amide bonds. The van der Waals surface area contributed by atoms with Gasteiger partial charge in [0.15, 0.2) is 17.4 Å². The third-order valence-electron chi connectivity index (χ3n) is 6.63. The molecule has 2 heterocycles. The number of halogens is 1. The Kier molecular flexibility index (Phi) is 7.09. The molecule has 1 aliphatic rings. The van der Waals surface area contributed by atoms with Gasteiger partial charge in [0, 0.05) is 18.8 Å². The molecular formula is C25H30FN5O3. The Morgan fingerprint density at radius 3 is 2.53 bits per heavy atom. The summed E-state index contributed by atoms with van der Waals surface area (Å²) >= 11 is 0. The van der Waals surface area contributed by atoms with E-state index in [4.69, 9.17) is 9.47 Å². The van der Waals surface area contributed by atoms with Crippen LogP contribution in [-0.4, -0.2) is 58.8 Å². The van der Waals surface area contributed by atoms with E-state index in [1.54, 1.807) is 37.7 Å². The first-order valence-electron chi connectivity index (χ1n) is 11.4. The second-order valence-corrected chi connectivity index (χ2v) is 8.53. The summed E-state index contributed by atoms with van der Waals surface area (Å²) in [5, 5.41) is 19.1. The number of hydrogen-bond acceptors (Lipinski definition) is 8. The second kappa shape index (κ2) is 10.2. The highest BCUT2D eigenvalue weighted by Crippen LogP contribution is 2.36. The van der Waals surface area contributed by atoms with Gasteiger partial charge in [0.2, 0.25) is 0 Å². The number of pyridine rings is 1. The van der Waals surface area contributed by atoms with E-state index in [0.717, 1.165) is 36.8 Å². The number of ether oxygens (including phenoxy) is 2. The van der Waals surface area contributed by atoms with Crippen LogP contribution in [0.2, 0.25) is 0 Å². The van der Waals surface area contributed by atoms with Gasteiger partial charge in [0.05, 0.1) is 32.0 Å². The molecule has 1 N–H and O–H groups in total. The normalized spacial score (nSPS) is 20.1. The monoisotopic (exact) mass is 467 g/mol. The number of phenolic OH excluding ortho intramolecular Hbond substituents is 1. The lowest BCUT2D eigenvalue weighted by molar-refractivity contribution is 0.134. The van der Waals surface area contributed by atoms with Crippen LogP contribution in [0.4, 0.5) is 10.2 Å². The van der Waals surface area contributed by atoms with E-state index >= 15 is 0 Å². The van der Waals surface area contributed by atoms with Crippen LogP contribution in [0, 0.1) is 5.92 Å². The third kappa shape index (κ3) is 4.60. The molecule has 0 unspecified atom stereocenters. The molecule has 9 heteroatoms. The summed E-state index contributed by atoms with van der Waals surface area (Å²) in [6.07, 6.45) is 5.88. The van der Waals surface area contributed by atoms with Crippen molar-refractivity contribution in [2.45, 2.75) is 44.8 Å². The first-order chi connectivity index (χ1) is 16.5. The Morgan fingerprint density at radius 2 is 1.88 bits per heavy atom. The Hall–Kier alpha value is -3.49. The molecule has 1 aromatic carbocycles. The van der Waals surface area contributed by atoms with E-state index in [2.05, 4.69) is 20.2 Å². The van der Waals surface area contributed by atoms with Crippen LogP contribution in [0.1, 0.15) is 32.6 Å². The van der Waals surface area contributed by atoms with E-state index in [-0.39, 0.29) is 17.7 Å². The Bertz CT molecular complexity index is 1130. The predicted octanol–water partition coefficient (Wildman–Crippen LogP) is 4.68. The molecule has 1 aliphatic carbocycles. The zero-order chi connectivity index (χ0) is 24.2. The van der Waals surface area contributed by atoms with Crippen molar-refractivity contribution in [3.05, 3.63) is 36.7 Å². The number of benzene rings is 1. The average Bonchev–Trinajstić information content (AvgIpc) is 2.88. The lowest BCUT2D eigenvalue weighted by atomic mass is 9.82. The van der Waals surface area contributed by atoms with Crippen LogP contribution in [0.25, 0.3) is 22.5 Å². The van der Waals surface area contributed by atoms with Crippen molar-refractivity contribution in [1.29, 1.82) is 0 Å². The topological polar surface area (TPSA) is 93.5 Å². The number of anilines is 1. The summed E-state index contributed by atoms with van der Waals surface area (Å²) < 4.78 is 25.4. The molecule has 1 saturated carbocycles. The van der Waals surface area contributed by atoms with Gasteiger partial charge in [-0.1, -0.05) is 25.8 Å². The zero-order valence-corrected chi connectivity index (χ0v) is 19.9. The fourth-order valence-corrected chi connectivity index (χ4v) is 4.57. The Morgan fingerprint density at radius 1 is 1.06 bits per heavy atom. The number of hydrogen-bond donors (Lipinski definition) is 1. The van der Waals surface area contributed by atoms with E-state index in [1.807, 2.05) is 24.9 Å². The average molecular weight is 468 g/mol. The molecule has 0 aliphatic heterocycles. The van der Waals surface area contributed by atoms with Crippen molar-refractivity contribution in [3.8, 4) is 39.9 Å². The minimum Gasteiger partial charge on any atom is -0.507 e. The van der Waals surface area contributed by atoms with Crippen molar-refractivity contribution >= 4 is 5.82 Å². The van der Waals surface area contributed by atoms with Crippen LogP contribution >= 0.6 is 0 Å². The molecule has 3 aromatic rings. The number of aromatic hydroxyl groups is 1. The summed E-state index contributed by atoms with van der Waals surface area (Å²) in [7, 11) is 4.90. The Labute approximate surface area is 198 Å². The molecule has 4 rings (SSSR count). The van der Waals surface area contributed by atoms with E-state index in [1.165, 1.54) is 7.11 Å². The first-order valence-corrected chi connectivity index (χ1v) is 11.4. The third-order valence-corrected chi connectivity index (χ3v) is 6.63. The van der Waals surface area contributed by atoms with E-state index < -0.39 is 6.17 Å². The van der Waals surface area contributed by atoms with Gasteiger partial charge < -0.3 is 19.5 Å². The van der Waals surface area contributed by atoms with Crippen LogP contribution in [0.5, 0.6) is 17.4 Å². The van der Waals surface area contributed by atoms with Gasteiger partial charge in [-0.05, 0) is 42.5 Å². The smallest absolute Gasteiger partial charge is 0.256 e. The lowest BCUT2D eigenvalue weighted by Crippen LogP contribution is -2.45. The summed E-state index contributed by atoms with van der Waals surface area (Å²) in [6, 6.07) is 6.73. The zero-order valence-electron chi connectivity index (χ0n) is 19.9. The highest BCUT2D eigenvalue weighted by molar-refractivity contribution is 5.73. The number of phenols is 1. The molecule has 0 saturated heterocycles. The highest BCUT2D eigenvalue weighted by atomic mass is 19.1. The fraction of sp³-hybridized carbons (Fsp3) is 0.440. The van der Waals surface area contributed by atoms with Gasteiger partial charge in [-0.25, -0.2) is 14.4 Å². The molecule has 34 heavy (non-hydrogen) atoms. The molecule has 8 nitrogen and oxygen atoms in total. The van der Waals surface area contributed by atoms with Crippen LogP contribution in [0.3, 0.4) is 0 Å².